The van der Waals surface area contributed by atoms with Crippen molar-refractivity contribution < 1.29 is 23.1 Å². The number of aryl methyl sites for hydroxylation is 2. The fraction of sp³-hybridized carbons (Fsp3) is 0.632. The van der Waals surface area contributed by atoms with E-state index < -0.39 is 6.43 Å². The molecular weight excluding hydrogens is 668 g/mol. The van der Waals surface area contributed by atoms with Crippen molar-refractivity contribution in [3.63, 3.8) is 0 Å². The quantitative estimate of drug-likeness (QED) is 0.277. The maximum absolute atomic E-state index is 14.6. The number of piperidine rings is 2. The Morgan fingerprint density at radius 1 is 1.04 bits per heavy atom. The van der Waals surface area contributed by atoms with E-state index in [9.17, 15) is 18.4 Å². The van der Waals surface area contributed by atoms with E-state index in [1.165, 1.54) is 12.8 Å². The number of alkyl halides is 2. The van der Waals surface area contributed by atoms with Gasteiger partial charge in [-0.2, -0.15) is 10.2 Å². The Morgan fingerprint density at radius 2 is 1.81 bits per heavy atom. The van der Waals surface area contributed by atoms with Gasteiger partial charge in [-0.05, 0) is 87.2 Å². The van der Waals surface area contributed by atoms with E-state index in [4.69, 9.17) is 9.84 Å². The number of likely N-dealkylation sites (tertiary alicyclic amines) is 1. The minimum Gasteiger partial charge on any atom is -0.372 e. The molecule has 2 N–H and O–H groups in total. The van der Waals surface area contributed by atoms with E-state index in [2.05, 4.69) is 25.3 Å². The molecule has 14 heteroatoms. The van der Waals surface area contributed by atoms with Crippen LogP contribution >= 0.6 is 0 Å². The van der Waals surface area contributed by atoms with E-state index in [0.29, 0.717) is 62.8 Å². The number of hydrogen-bond acceptors (Lipinski definition) is 7. The summed E-state index contributed by atoms with van der Waals surface area (Å²) in [6.07, 6.45) is 7.83. The second-order valence-electron chi connectivity index (χ2n) is 14.1. The molecule has 2 fully saturated rings. The standard InChI is InChI=1S/C36H49F2N9O3.C2H6/c1-39-36(49)45-16-9-31-30(22-45)35(46-13-3-4-25-18-28(26-20-41-43(2)21-26)29(34(37)38)19-32(25)46)42-47(31)27-7-14-44(15-8-27)33(48)23-50-17-10-24-5-11-40-12-6-24;1-2/h18-21,24,27,34,40H,3-17,22-23H2,1-2H3,(H,39,49);1-2H3. The van der Waals surface area contributed by atoms with E-state index in [1.54, 1.807) is 42.1 Å². The molecule has 6 heterocycles. The lowest BCUT2D eigenvalue weighted by molar-refractivity contribution is -0.137. The Bertz CT molecular complexity index is 1680. The lowest BCUT2D eigenvalue weighted by Crippen LogP contribution is -2.43. The summed E-state index contributed by atoms with van der Waals surface area (Å²) in [5.41, 5.74) is 4.91. The van der Waals surface area contributed by atoms with Gasteiger partial charge >= 0.3 is 6.03 Å². The Labute approximate surface area is 305 Å². The summed E-state index contributed by atoms with van der Waals surface area (Å²) in [6, 6.07) is 3.46. The Morgan fingerprint density at radius 3 is 2.50 bits per heavy atom. The molecule has 0 atom stereocenters. The van der Waals surface area contributed by atoms with E-state index in [1.807, 2.05) is 24.8 Å². The molecule has 52 heavy (non-hydrogen) atoms. The van der Waals surface area contributed by atoms with Gasteiger partial charge in [0.25, 0.3) is 6.43 Å². The van der Waals surface area contributed by atoms with Crippen LogP contribution in [-0.2, 0) is 36.0 Å². The van der Waals surface area contributed by atoms with Crippen LogP contribution in [0.3, 0.4) is 0 Å². The van der Waals surface area contributed by atoms with Crippen LogP contribution in [0.5, 0.6) is 0 Å². The number of nitrogens with one attached hydrogen (secondary N) is 2. The molecule has 3 aromatic rings. The normalized spacial score (nSPS) is 18.2. The molecule has 0 aliphatic carbocycles. The zero-order valence-electron chi connectivity index (χ0n) is 31.2. The number of carbonyl (C=O) groups is 2. The number of fused-ring (bicyclic) bond motifs is 2. The number of nitrogens with zero attached hydrogens (tertiary/aromatic N) is 7. The first-order chi connectivity index (χ1) is 25.3. The number of hydrogen-bond donors (Lipinski definition) is 2. The van der Waals surface area contributed by atoms with Crippen molar-refractivity contribution in [1.82, 2.24) is 40.0 Å². The fourth-order valence-corrected chi connectivity index (χ4v) is 8.17. The van der Waals surface area contributed by atoms with Crippen LogP contribution in [0.4, 0.5) is 25.1 Å². The highest BCUT2D eigenvalue weighted by atomic mass is 19.3. The number of rotatable bonds is 9. The Kier molecular flexibility index (Phi) is 12.5. The van der Waals surface area contributed by atoms with Crippen molar-refractivity contribution in [2.45, 2.75) is 84.2 Å². The lowest BCUT2D eigenvalue weighted by Gasteiger charge is -2.34. The molecule has 1 aromatic carbocycles. The van der Waals surface area contributed by atoms with Gasteiger partial charge < -0.3 is 30.1 Å². The molecule has 2 saturated heterocycles. The second kappa shape index (κ2) is 17.2. The smallest absolute Gasteiger partial charge is 0.317 e. The molecule has 0 unspecified atom stereocenters. The summed E-state index contributed by atoms with van der Waals surface area (Å²) in [5, 5.41) is 15.6. The van der Waals surface area contributed by atoms with Crippen molar-refractivity contribution in [2.24, 2.45) is 13.0 Å². The Balaban J connectivity index is 0.00000228. The van der Waals surface area contributed by atoms with Crippen LogP contribution in [0.1, 0.15) is 87.2 Å². The van der Waals surface area contributed by atoms with Gasteiger partial charge in [-0.3, -0.25) is 14.2 Å². The highest BCUT2D eigenvalue weighted by Crippen LogP contribution is 2.43. The zero-order chi connectivity index (χ0) is 36.8. The third-order valence-electron chi connectivity index (χ3n) is 11.0. The minimum atomic E-state index is -2.66. The molecule has 7 rings (SSSR count). The fourth-order valence-electron chi connectivity index (χ4n) is 8.17. The first-order valence-electron chi connectivity index (χ1n) is 19.1. The van der Waals surface area contributed by atoms with Gasteiger partial charge in [-0.15, -0.1) is 0 Å². The van der Waals surface area contributed by atoms with Crippen molar-refractivity contribution >= 4 is 23.4 Å². The molecular formula is C38H55F2N9O3. The molecule has 284 valence electrons. The van der Waals surface area contributed by atoms with Gasteiger partial charge in [0.15, 0.2) is 5.82 Å². The topological polar surface area (TPSA) is 113 Å². The predicted molar refractivity (Wildman–Crippen MR) is 197 cm³/mol. The molecule has 0 radical (unpaired) electrons. The molecule has 2 aromatic heterocycles. The molecule has 0 spiro atoms. The van der Waals surface area contributed by atoms with Gasteiger partial charge in [0.05, 0.1) is 18.8 Å². The monoisotopic (exact) mass is 723 g/mol. The third-order valence-corrected chi connectivity index (χ3v) is 11.0. The number of urea groups is 1. The number of amides is 3. The third kappa shape index (κ3) is 8.12. The van der Waals surface area contributed by atoms with Crippen LogP contribution < -0.4 is 15.5 Å². The van der Waals surface area contributed by atoms with Gasteiger partial charge in [-0.1, -0.05) is 13.8 Å². The van der Waals surface area contributed by atoms with E-state index in [0.717, 1.165) is 73.5 Å². The van der Waals surface area contributed by atoms with Gasteiger partial charge in [0.1, 0.15) is 6.61 Å². The molecule has 12 nitrogen and oxygen atoms in total. The zero-order valence-corrected chi connectivity index (χ0v) is 31.2. The van der Waals surface area contributed by atoms with Gasteiger partial charge in [0, 0.05) is 87.6 Å². The van der Waals surface area contributed by atoms with Gasteiger partial charge in [-0.25, -0.2) is 13.6 Å². The number of aromatic nitrogens is 4. The van der Waals surface area contributed by atoms with Crippen molar-refractivity contribution in [1.29, 1.82) is 0 Å². The van der Waals surface area contributed by atoms with Crippen LogP contribution in [0.2, 0.25) is 0 Å². The van der Waals surface area contributed by atoms with Crippen LogP contribution in [0.15, 0.2) is 24.5 Å². The second-order valence-corrected chi connectivity index (χ2v) is 14.1. The molecule has 0 bridgehead atoms. The highest BCUT2D eigenvalue weighted by molar-refractivity contribution is 5.79. The minimum absolute atomic E-state index is 0.0311. The van der Waals surface area contributed by atoms with Crippen LogP contribution in [0.25, 0.3) is 11.1 Å². The summed E-state index contributed by atoms with van der Waals surface area (Å²) in [7, 11) is 3.41. The number of anilines is 2. The number of ether oxygens (including phenoxy) is 1. The van der Waals surface area contributed by atoms with E-state index >= 15 is 0 Å². The largest absolute Gasteiger partial charge is 0.372 e. The molecule has 4 aliphatic heterocycles. The molecule has 3 amide bonds. The first kappa shape index (κ1) is 37.7. The summed E-state index contributed by atoms with van der Waals surface area (Å²) in [4.78, 5) is 31.6. The van der Waals surface area contributed by atoms with Gasteiger partial charge in [0.2, 0.25) is 5.91 Å². The summed E-state index contributed by atoms with van der Waals surface area (Å²) in [6.45, 7) is 9.68. The average Bonchev–Trinajstić information content (AvgIpc) is 3.80. The summed E-state index contributed by atoms with van der Waals surface area (Å²) < 4.78 is 38.8. The molecule has 0 saturated carbocycles. The van der Waals surface area contributed by atoms with Crippen molar-refractivity contribution in [2.75, 3.05) is 64.4 Å². The van der Waals surface area contributed by atoms with Crippen LogP contribution in [0, 0.1) is 5.92 Å². The van der Waals surface area contributed by atoms with Crippen molar-refractivity contribution in [3.8, 4) is 11.1 Å². The predicted octanol–water partition coefficient (Wildman–Crippen LogP) is 5.60. The van der Waals surface area contributed by atoms with Crippen LogP contribution in [-0.4, -0.2) is 101 Å². The SMILES string of the molecule is CC.CNC(=O)N1CCc2c(c(N3CCCc4cc(-c5cnn(C)c5)c(C(F)F)cc43)nn2C2CCN(C(=O)COCCC3CCNCC3)CC2)C1. The molecule has 4 aliphatic rings. The summed E-state index contributed by atoms with van der Waals surface area (Å²) >= 11 is 0. The van der Waals surface area contributed by atoms with E-state index in [-0.39, 0.29) is 30.2 Å². The summed E-state index contributed by atoms with van der Waals surface area (Å²) in [5.74, 6) is 1.43. The lowest BCUT2D eigenvalue weighted by atomic mass is 9.92. The maximum atomic E-state index is 14.6. The number of halogens is 2. The Hall–Kier alpha value is -4.04. The number of benzene rings is 1. The highest BCUT2D eigenvalue weighted by Gasteiger charge is 2.35. The first-order valence-corrected chi connectivity index (χ1v) is 19.1. The van der Waals surface area contributed by atoms with Crippen molar-refractivity contribution in [3.05, 3.63) is 46.9 Å². The maximum Gasteiger partial charge on any atom is 0.317 e. The number of carbonyl (C=O) groups excluding carboxylic acids is 2. The average molecular weight is 724 g/mol.